The van der Waals surface area contributed by atoms with Gasteiger partial charge >= 0.3 is 5.97 Å². The Morgan fingerprint density at radius 3 is 2.43 bits per heavy atom. The van der Waals surface area contributed by atoms with Crippen molar-refractivity contribution < 1.29 is 14.3 Å². The van der Waals surface area contributed by atoms with Gasteiger partial charge in [0.1, 0.15) is 11.5 Å². The van der Waals surface area contributed by atoms with Crippen molar-refractivity contribution in [3.8, 4) is 23.8 Å². The monoisotopic (exact) mass is 306 g/mol. The number of rotatable bonds is 5. The molecule has 0 N–H and O–H groups in total. The fourth-order valence-electron chi connectivity index (χ4n) is 2.06. The summed E-state index contributed by atoms with van der Waals surface area (Å²) in [6, 6.07) is 17.2. The Kier molecular flexibility index (Phi) is 5.60. The van der Waals surface area contributed by atoms with Crippen molar-refractivity contribution in [1.29, 1.82) is 0 Å². The van der Waals surface area contributed by atoms with Gasteiger partial charge < -0.3 is 9.47 Å². The van der Waals surface area contributed by atoms with Crippen LogP contribution in [0.2, 0.25) is 0 Å². The van der Waals surface area contributed by atoms with E-state index in [-0.39, 0.29) is 0 Å². The standard InChI is InChI=1S/C20H18O3/c1-4-20(22-16(3)21)15(2)13-17-9-8-12-19(14-17)23-18-10-6-5-7-11-18/h1,5-14,20H,2-3H3/b15-13+. The summed E-state index contributed by atoms with van der Waals surface area (Å²) in [4.78, 5) is 11.1. The minimum atomic E-state index is -0.661. The first-order valence-electron chi connectivity index (χ1n) is 7.23. The van der Waals surface area contributed by atoms with Gasteiger partial charge in [-0.3, -0.25) is 4.79 Å². The van der Waals surface area contributed by atoms with Crippen LogP contribution in [0, 0.1) is 12.3 Å². The van der Waals surface area contributed by atoms with Crippen molar-refractivity contribution in [2.24, 2.45) is 0 Å². The van der Waals surface area contributed by atoms with Crippen LogP contribution in [0.4, 0.5) is 0 Å². The molecule has 0 aliphatic rings. The summed E-state index contributed by atoms with van der Waals surface area (Å²) in [5.41, 5.74) is 1.70. The lowest BCUT2D eigenvalue weighted by Crippen LogP contribution is -2.15. The zero-order valence-electron chi connectivity index (χ0n) is 13.2. The number of carbonyl (C=O) groups excluding carboxylic acids is 1. The quantitative estimate of drug-likeness (QED) is 0.605. The first-order valence-corrected chi connectivity index (χ1v) is 7.23. The van der Waals surface area contributed by atoms with Gasteiger partial charge in [-0.15, -0.1) is 6.42 Å². The number of terminal acetylenes is 1. The minimum absolute atomic E-state index is 0.401. The van der Waals surface area contributed by atoms with Crippen LogP contribution in [0.1, 0.15) is 19.4 Å². The predicted molar refractivity (Wildman–Crippen MR) is 91.0 cm³/mol. The Morgan fingerprint density at radius 2 is 1.78 bits per heavy atom. The third-order valence-electron chi connectivity index (χ3n) is 3.08. The average molecular weight is 306 g/mol. The molecule has 116 valence electrons. The van der Waals surface area contributed by atoms with Crippen LogP contribution < -0.4 is 4.74 Å². The van der Waals surface area contributed by atoms with E-state index in [0.29, 0.717) is 0 Å². The van der Waals surface area contributed by atoms with Crippen LogP contribution in [-0.2, 0) is 9.53 Å². The first-order chi connectivity index (χ1) is 11.1. The van der Waals surface area contributed by atoms with Gasteiger partial charge in [0.25, 0.3) is 0 Å². The van der Waals surface area contributed by atoms with Crippen molar-refractivity contribution in [2.45, 2.75) is 20.0 Å². The second-order valence-electron chi connectivity index (χ2n) is 5.03. The fourth-order valence-corrected chi connectivity index (χ4v) is 2.06. The topological polar surface area (TPSA) is 35.5 Å². The van der Waals surface area contributed by atoms with E-state index in [1.165, 1.54) is 6.92 Å². The van der Waals surface area contributed by atoms with E-state index in [0.717, 1.165) is 22.6 Å². The molecule has 1 atom stereocenters. The Bertz CT molecular complexity index is 739. The Labute approximate surface area is 136 Å². The summed E-state index contributed by atoms with van der Waals surface area (Å²) in [6.07, 6.45) is 6.63. The summed E-state index contributed by atoms with van der Waals surface area (Å²) in [7, 11) is 0. The van der Waals surface area contributed by atoms with E-state index in [4.69, 9.17) is 15.9 Å². The van der Waals surface area contributed by atoms with E-state index >= 15 is 0 Å². The third kappa shape index (κ3) is 5.05. The molecule has 0 radical (unpaired) electrons. The van der Waals surface area contributed by atoms with Crippen LogP contribution in [-0.4, -0.2) is 12.1 Å². The van der Waals surface area contributed by atoms with Gasteiger partial charge in [-0.05, 0) is 42.3 Å². The molecule has 0 saturated heterocycles. The summed E-state index contributed by atoms with van der Waals surface area (Å²) in [5.74, 6) is 3.56. The number of benzene rings is 2. The lowest BCUT2D eigenvalue weighted by atomic mass is 10.1. The van der Waals surface area contributed by atoms with Gasteiger partial charge in [0.15, 0.2) is 6.10 Å². The van der Waals surface area contributed by atoms with Gasteiger partial charge in [-0.25, -0.2) is 0 Å². The SMILES string of the molecule is C#CC(OC(C)=O)/C(C)=C/c1cccc(Oc2ccccc2)c1. The highest BCUT2D eigenvalue weighted by molar-refractivity contribution is 5.67. The van der Waals surface area contributed by atoms with Gasteiger partial charge in [0.2, 0.25) is 0 Å². The van der Waals surface area contributed by atoms with Crippen LogP contribution in [0.5, 0.6) is 11.5 Å². The molecule has 0 heterocycles. The van der Waals surface area contributed by atoms with E-state index in [9.17, 15) is 4.79 Å². The number of ether oxygens (including phenoxy) is 2. The molecule has 0 fully saturated rings. The molecule has 0 aromatic heterocycles. The molecule has 0 aliphatic carbocycles. The summed E-state index contributed by atoms with van der Waals surface area (Å²) in [6.45, 7) is 3.17. The number of hydrogen-bond acceptors (Lipinski definition) is 3. The lowest BCUT2D eigenvalue weighted by molar-refractivity contribution is -0.142. The van der Waals surface area contributed by atoms with Crippen LogP contribution >= 0.6 is 0 Å². The van der Waals surface area contributed by atoms with Gasteiger partial charge in [0.05, 0.1) is 0 Å². The molecular formula is C20H18O3. The highest BCUT2D eigenvalue weighted by atomic mass is 16.5. The Morgan fingerprint density at radius 1 is 1.09 bits per heavy atom. The van der Waals surface area contributed by atoms with E-state index < -0.39 is 12.1 Å². The molecular weight excluding hydrogens is 288 g/mol. The number of esters is 1. The molecule has 2 aromatic rings. The maximum absolute atomic E-state index is 11.1. The maximum atomic E-state index is 11.1. The van der Waals surface area contributed by atoms with E-state index in [2.05, 4.69) is 5.92 Å². The summed E-state index contributed by atoms with van der Waals surface area (Å²) >= 11 is 0. The zero-order chi connectivity index (χ0) is 16.7. The van der Waals surface area contributed by atoms with Gasteiger partial charge in [-0.1, -0.05) is 42.3 Å². The second kappa shape index (κ2) is 7.86. The highest BCUT2D eigenvalue weighted by Crippen LogP contribution is 2.23. The second-order valence-corrected chi connectivity index (χ2v) is 5.03. The molecule has 0 amide bonds. The number of carbonyl (C=O) groups is 1. The Hall–Kier alpha value is -2.99. The highest BCUT2D eigenvalue weighted by Gasteiger charge is 2.10. The van der Waals surface area contributed by atoms with Gasteiger partial charge in [-0.2, -0.15) is 0 Å². The minimum Gasteiger partial charge on any atom is -0.457 e. The summed E-state index contributed by atoms with van der Waals surface area (Å²) < 4.78 is 10.9. The third-order valence-corrected chi connectivity index (χ3v) is 3.08. The molecule has 3 nitrogen and oxygen atoms in total. The number of hydrogen-bond donors (Lipinski definition) is 0. The average Bonchev–Trinajstić information content (AvgIpc) is 2.53. The maximum Gasteiger partial charge on any atom is 0.304 e. The van der Waals surface area contributed by atoms with Crippen LogP contribution in [0.3, 0.4) is 0 Å². The molecule has 23 heavy (non-hydrogen) atoms. The predicted octanol–water partition coefficient (Wildman–Crippen LogP) is 4.45. The summed E-state index contributed by atoms with van der Waals surface area (Å²) in [5, 5.41) is 0. The van der Waals surface area contributed by atoms with Crippen molar-refractivity contribution in [3.05, 3.63) is 65.7 Å². The molecule has 0 bridgehead atoms. The molecule has 1 unspecified atom stereocenters. The molecule has 0 aliphatic heterocycles. The smallest absolute Gasteiger partial charge is 0.304 e. The van der Waals surface area contributed by atoms with Crippen molar-refractivity contribution in [2.75, 3.05) is 0 Å². The van der Waals surface area contributed by atoms with Crippen molar-refractivity contribution >= 4 is 12.0 Å². The van der Waals surface area contributed by atoms with Crippen LogP contribution in [0.25, 0.3) is 6.08 Å². The first kappa shape index (κ1) is 16.4. The Balaban J connectivity index is 2.17. The lowest BCUT2D eigenvalue weighted by Gasteiger charge is -2.12. The largest absolute Gasteiger partial charge is 0.457 e. The van der Waals surface area contributed by atoms with E-state index in [1.54, 1.807) is 0 Å². The normalized spacial score (nSPS) is 12.1. The van der Waals surface area contributed by atoms with Crippen molar-refractivity contribution in [3.63, 3.8) is 0 Å². The van der Waals surface area contributed by atoms with Crippen LogP contribution in [0.15, 0.2) is 60.2 Å². The number of para-hydroxylation sites is 1. The fraction of sp³-hybridized carbons (Fsp3) is 0.150. The van der Waals surface area contributed by atoms with Gasteiger partial charge in [0, 0.05) is 6.92 Å². The molecule has 2 rings (SSSR count). The molecule has 0 saturated carbocycles. The molecule has 0 spiro atoms. The molecule has 2 aromatic carbocycles. The van der Waals surface area contributed by atoms with E-state index in [1.807, 2.05) is 67.6 Å². The van der Waals surface area contributed by atoms with Crippen molar-refractivity contribution in [1.82, 2.24) is 0 Å². The molecule has 3 heteroatoms. The zero-order valence-corrected chi connectivity index (χ0v) is 13.2.